The first-order valence-electron chi connectivity index (χ1n) is 14.8. The predicted octanol–water partition coefficient (Wildman–Crippen LogP) is 6.14. The van der Waals surface area contributed by atoms with Crippen LogP contribution in [0.3, 0.4) is 0 Å². The third-order valence-electron chi connectivity index (χ3n) is 9.27. The lowest BCUT2D eigenvalue weighted by Crippen LogP contribution is -2.68. The number of nitrogens with zero attached hydrogens (tertiary/aromatic N) is 1. The number of aliphatic hydroxyl groups excluding tert-OH is 2. The van der Waals surface area contributed by atoms with Gasteiger partial charge in [-0.3, -0.25) is 4.98 Å². The van der Waals surface area contributed by atoms with Gasteiger partial charge in [0.15, 0.2) is 5.79 Å². The van der Waals surface area contributed by atoms with E-state index in [4.69, 9.17) is 18.6 Å². The van der Waals surface area contributed by atoms with Crippen molar-refractivity contribution in [3.63, 3.8) is 0 Å². The van der Waals surface area contributed by atoms with Gasteiger partial charge in [-0.2, -0.15) is 0 Å². The summed E-state index contributed by atoms with van der Waals surface area (Å²) < 4.78 is 23.9. The van der Waals surface area contributed by atoms with Gasteiger partial charge in [0, 0.05) is 37.1 Å². The zero-order valence-corrected chi connectivity index (χ0v) is 25.9. The second kappa shape index (κ2) is 12.3. The van der Waals surface area contributed by atoms with Crippen molar-refractivity contribution < 1.29 is 28.8 Å². The molecule has 2 N–H and O–H groups in total. The van der Waals surface area contributed by atoms with Crippen LogP contribution in [-0.2, 0) is 9.47 Å². The maximum atomic E-state index is 13.2. The highest BCUT2D eigenvalue weighted by Crippen LogP contribution is 2.64. The molecule has 0 amide bonds. The normalized spacial score (nSPS) is 34.4. The van der Waals surface area contributed by atoms with E-state index in [1.807, 2.05) is 48.5 Å². The first-order valence-corrected chi connectivity index (χ1v) is 14.8. The highest BCUT2D eigenvalue weighted by Gasteiger charge is 2.66. The van der Waals surface area contributed by atoms with Crippen LogP contribution in [0.4, 0.5) is 0 Å². The fourth-order valence-corrected chi connectivity index (χ4v) is 7.24. The highest BCUT2D eigenvalue weighted by atomic mass is 16.7. The molecule has 2 saturated carbocycles. The number of aliphatic hydroxyl groups is 2. The lowest BCUT2D eigenvalue weighted by atomic mass is 9.46. The Morgan fingerprint density at radius 1 is 1.15 bits per heavy atom. The number of hydrogen-bond acceptors (Lipinski definition) is 8. The standard InChI is InChI=1S/C28H37NO7.2C2H6/c1-15-17-12-21(30)28(5)24(27(17,4)10-9-18(15)35-26(2,3)33-6)23(31)22-20(36-28)13-19(34-25(22)32)16-8-7-11-29-14-16;2*1-2/h7-8,11,13-15,17-18,21,23-24,30-31H,9-10,12H2,1-6H3;2*1-2H3/t15?,17?,18?,21?,23?,24?,27-,28+;;/m0../s1. The third-order valence-corrected chi connectivity index (χ3v) is 9.27. The molecule has 6 unspecified atom stereocenters. The van der Waals surface area contributed by atoms with Gasteiger partial charge in [0.2, 0.25) is 0 Å². The van der Waals surface area contributed by atoms with Crippen molar-refractivity contribution in [2.45, 2.75) is 111 Å². The summed E-state index contributed by atoms with van der Waals surface area (Å²) in [7, 11) is 1.63. The van der Waals surface area contributed by atoms with E-state index in [0.717, 1.165) is 12.8 Å². The van der Waals surface area contributed by atoms with Gasteiger partial charge < -0.3 is 28.8 Å². The van der Waals surface area contributed by atoms with Crippen molar-refractivity contribution in [1.82, 2.24) is 4.98 Å². The van der Waals surface area contributed by atoms with Crippen molar-refractivity contribution in [3.05, 3.63) is 46.6 Å². The van der Waals surface area contributed by atoms with Crippen LogP contribution >= 0.6 is 0 Å². The van der Waals surface area contributed by atoms with E-state index >= 15 is 0 Å². The molecule has 3 aliphatic rings. The monoisotopic (exact) mass is 559 g/mol. The van der Waals surface area contributed by atoms with E-state index in [2.05, 4.69) is 18.8 Å². The smallest absolute Gasteiger partial charge is 0.345 e. The second-order valence-electron chi connectivity index (χ2n) is 11.6. The lowest BCUT2D eigenvalue weighted by molar-refractivity contribution is -0.277. The fourth-order valence-electron chi connectivity index (χ4n) is 7.24. The van der Waals surface area contributed by atoms with Gasteiger partial charge in [-0.25, -0.2) is 4.79 Å². The molecule has 0 radical (unpaired) electrons. The topological polar surface area (TPSA) is 111 Å². The molecule has 0 bridgehead atoms. The molecule has 8 nitrogen and oxygen atoms in total. The minimum absolute atomic E-state index is 0.0457. The quantitative estimate of drug-likeness (QED) is 0.430. The largest absolute Gasteiger partial charge is 0.484 e. The number of rotatable bonds is 4. The Morgan fingerprint density at radius 3 is 2.42 bits per heavy atom. The average Bonchev–Trinajstić information content (AvgIpc) is 2.94. The van der Waals surface area contributed by atoms with E-state index in [-0.39, 0.29) is 29.3 Å². The molecule has 3 heterocycles. The summed E-state index contributed by atoms with van der Waals surface area (Å²) >= 11 is 0. The van der Waals surface area contributed by atoms with E-state index < -0.39 is 40.6 Å². The molecule has 1 aliphatic heterocycles. The van der Waals surface area contributed by atoms with Crippen LogP contribution in [0.25, 0.3) is 11.3 Å². The Balaban J connectivity index is 0.00000106. The first kappa shape index (κ1) is 32.3. The maximum Gasteiger partial charge on any atom is 0.345 e. The Hall–Kier alpha value is -2.26. The Labute approximate surface area is 239 Å². The molecule has 224 valence electrons. The molecule has 0 spiro atoms. The van der Waals surface area contributed by atoms with Crippen molar-refractivity contribution in [3.8, 4) is 17.1 Å². The van der Waals surface area contributed by atoms with E-state index in [1.54, 1.807) is 37.7 Å². The van der Waals surface area contributed by atoms with Crippen LogP contribution < -0.4 is 10.4 Å². The molecule has 2 aromatic rings. The summed E-state index contributed by atoms with van der Waals surface area (Å²) in [5.41, 5.74) is -1.35. The van der Waals surface area contributed by atoms with E-state index in [9.17, 15) is 15.0 Å². The summed E-state index contributed by atoms with van der Waals surface area (Å²) in [5, 5.41) is 23.2. The van der Waals surface area contributed by atoms with Crippen molar-refractivity contribution in [2.24, 2.45) is 23.2 Å². The molecule has 8 heteroatoms. The van der Waals surface area contributed by atoms with Crippen molar-refractivity contribution in [1.29, 1.82) is 0 Å². The molecular formula is C32H49NO7. The lowest BCUT2D eigenvalue weighted by Gasteiger charge is -2.64. The van der Waals surface area contributed by atoms with Crippen LogP contribution in [0.1, 0.15) is 93.2 Å². The van der Waals surface area contributed by atoms with Crippen LogP contribution in [0.5, 0.6) is 5.75 Å². The van der Waals surface area contributed by atoms with Crippen LogP contribution in [0.15, 0.2) is 39.8 Å². The van der Waals surface area contributed by atoms with Crippen LogP contribution in [0, 0.1) is 23.2 Å². The van der Waals surface area contributed by atoms with Gasteiger partial charge in [0.05, 0.1) is 18.3 Å². The number of hydrogen-bond donors (Lipinski definition) is 2. The average molecular weight is 560 g/mol. The van der Waals surface area contributed by atoms with Gasteiger partial charge >= 0.3 is 5.63 Å². The third kappa shape index (κ3) is 5.48. The first-order chi connectivity index (χ1) is 18.9. The summed E-state index contributed by atoms with van der Waals surface area (Å²) in [6.45, 7) is 18.0. The fraction of sp³-hybridized carbons (Fsp3) is 0.688. The predicted molar refractivity (Wildman–Crippen MR) is 155 cm³/mol. The number of aromatic nitrogens is 1. The minimum Gasteiger partial charge on any atom is -0.484 e. The van der Waals surface area contributed by atoms with Gasteiger partial charge in [-0.05, 0) is 69.4 Å². The molecule has 2 aromatic heterocycles. The second-order valence-corrected chi connectivity index (χ2v) is 11.6. The molecule has 0 aromatic carbocycles. The van der Waals surface area contributed by atoms with E-state index in [1.165, 1.54) is 0 Å². The molecule has 8 atom stereocenters. The Kier molecular flexibility index (Phi) is 9.93. The van der Waals surface area contributed by atoms with Crippen molar-refractivity contribution >= 4 is 0 Å². The van der Waals surface area contributed by atoms with Gasteiger partial charge in [-0.1, -0.05) is 41.5 Å². The van der Waals surface area contributed by atoms with Gasteiger partial charge in [0.25, 0.3) is 0 Å². The van der Waals surface area contributed by atoms with Crippen LogP contribution in [-0.4, -0.2) is 45.9 Å². The highest BCUT2D eigenvalue weighted by molar-refractivity contribution is 5.59. The summed E-state index contributed by atoms with van der Waals surface area (Å²) in [5.74, 6) is -0.496. The summed E-state index contributed by atoms with van der Waals surface area (Å²) in [6.07, 6.45) is 3.26. The zero-order chi connectivity index (χ0) is 30.0. The molecule has 2 fully saturated rings. The number of pyridine rings is 1. The van der Waals surface area contributed by atoms with Crippen LogP contribution in [0.2, 0.25) is 0 Å². The number of ether oxygens (including phenoxy) is 3. The summed E-state index contributed by atoms with van der Waals surface area (Å²) in [6, 6.07) is 5.16. The SMILES string of the molecule is CC.CC.COC(C)(C)OC1CC[C@@]2(C)C(CC(O)[C@@]3(C)Oc4cc(-c5cccnc5)oc(=O)c4C(O)C23)C1C. The number of methoxy groups -OCH3 is 1. The maximum absolute atomic E-state index is 13.2. The number of fused-ring (bicyclic) bond motifs is 4. The molecule has 2 aliphatic carbocycles. The van der Waals surface area contributed by atoms with Gasteiger partial charge in [-0.15, -0.1) is 0 Å². The minimum atomic E-state index is -1.14. The Bertz CT molecular complexity index is 1180. The van der Waals surface area contributed by atoms with E-state index in [0.29, 0.717) is 17.7 Å². The Morgan fingerprint density at radius 2 is 1.82 bits per heavy atom. The zero-order valence-electron chi connectivity index (χ0n) is 25.9. The van der Waals surface area contributed by atoms with Gasteiger partial charge in [0.1, 0.15) is 22.7 Å². The molecule has 0 saturated heterocycles. The molecule has 5 rings (SSSR count). The molecular weight excluding hydrogens is 510 g/mol. The molecule has 40 heavy (non-hydrogen) atoms. The summed E-state index contributed by atoms with van der Waals surface area (Å²) in [4.78, 5) is 17.3. The van der Waals surface area contributed by atoms with Crippen molar-refractivity contribution in [2.75, 3.05) is 7.11 Å².